The molecule has 1 heterocycles. The Balaban J connectivity index is 2.68. The van der Waals surface area contributed by atoms with E-state index in [1.807, 2.05) is 0 Å². The number of carbonyl (C=O) groups is 1. The third kappa shape index (κ3) is 1.38. The van der Waals surface area contributed by atoms with Crippen LogP contribution >= 0.6 is 11.6 Å². The number of hydrogen-bond donors (Lipinski definition) is 1. The second-order valence-corrected chi connectivity index (χ2v) is 2.95. The van der Waals surface area contributed by atoms with Crippen molar-refractivity contribution < 1.29 is 14.3 Å². The molecule has 1 aromatic carbocycles. The molecule has 1 aromatic heterocycles. The van der Waals surface area contributed by atoms with Crippen LogP contribution < -0.4 is 0 Å². The van der Waals surface area contributed by atoms with Gasteiger partial charge >= 0.3 is 0 Å². The summed E-state index contributed by atoms with van der Waals surface area (Å²) in [5.74, 6) is 0.212. The lowest BCUT2D eigenvalue weighted by atomic mass is 10.2. The highest BCUT2D eigenvalue weighted by Crippen LogP contribution is 2.24. The van der Waals surface area contributed by atoms with Gasteiger partial charge in [-0.2, -0.15) is 0 Å². The molecule has 0 radical (unpaired) electrons. The molecule has 1 N–H and O–H groups in total. The van der Waals surface area contributed by atoms with Crippen LogP contribution in [0.25, 0.3) is 11.0 Å². The zero-order valence-corrected chi connectivity index (χ0v) is 7.21. The standard InChI is InChI=1S/C9H5ClO3/c10-9(12)8-4-5-3-6(11)1-2-7(5)13-8/h1-4,11H. The summed E-state index contributed by atoms with van der Waals surface area (Å²) in [6.45, 7) is 0. The van der Waals surface area contributed by atoms with Crippen molar-refractivity contribution in [1.82, 2.24) is 0 Å². The van der Waals surface area contributed by atoms with E-state index < -0.39 is 5.24 Å². The van der Waals surface area contributed by atoms with Gasteiger partial charge in [0.05, 0.1) is 0 Å². The summed E-state index contributed by atoms with van der Waals surface area (Å²) in [6.07, 6.45) is 0. The fourth-order valence-corrected chi connectivity index (χ4v) is 1.22. The van der Waals surface area contributed by atoms with Crippen molar-refractivity contribution in [1.29, 1.82) is 0 Å². The smallest absolute Gasteiger partial charge is 0.287 e. The molecule has 66 valence electrons. The van der Waals surface area contributed by atoms with E-state index in [1.54, 1.807) is 6.07 Å². The Kier molecular flexibility index (Phi) is 1.74. The lowest BCUT2D eigenvalue weighted by Gasteiger charge is -1.88. The number of phenolic OH excluding ortho intramolecular Hbond substituents is 1. The number of furan rings is 1. The van der Waals surface area contributed by atoms with E-state index in [-0.39, 0.29) is 11.5 Å². The highest BCUT2D eigenvalue weighted by Gasteiger charge is 2.09. The van der Waals surface area contributed by atoms with Crippen molar-refractivity contribution >= 4 is 27.8 Å². The second kappa shape index (κ2) is 2.78. The van der Waals surface area contributed by atoms with Crippen molar-refractivity contribution in [3.63, 3.8) is 0 Å². The summed E-state index contributed by atoms with van der Waals surface area (Å²) in [6, 6.07) is 6.05. The summed E-state index contributed by atoms with van der Waals surface area (Å²) < 4.78 is 5.09. The molecule has 3 nitrogen and oxygen atoms in total. The highest BCUT2D eigenvalue weighted by atomic mass is 35.5. The minimum absolute atomic E-state index is 0.0854. The van der Waals surface area contributed by atoms with Gasteiger partial charge in [0.1, 0.15) is 11.3 Å². The van der Waals surface area contributed by atoms with Crippen LogP contribution in [0.2, 0.25) is 0 Å². The Morgan fingerprint density at radius 2 is 2.15 bits per heavy atom. The number of halogens is 1. The molecule has 0 unspecified atom stereocenters. The maximum absolute atomic E-state index is 10.7. The molecule has 4 heteroatoms. The van der Waals surface area contributed by atoms with Crippen LogP contribution in [-0.4, -0.2) is 10.3 Å². The maximum Gasteiger partial charge on any atom is 0.287 e. The summed E-state index contributed by atoms with van der Waals surface area (Å²) in [5, 5.41) is 9.13. The average molecular weight is 197 g/mol. The molecular weight excluding hydrogens is 192 g/mol. The number of carbonyl (C=O) groups excluding carboxylic acids is 1. The van der Waals surface area contributed by atoms with E-state index in [9.17, 15) is 4.79 Å². The third-order valence-electron chi connectivity index (χ3n) is 1.69. The summed E-state index contributed by atoms with van der Waals surface area (Å²) in [5.41, 5.74) is 0.529. The van der Waals surface area contributed by atoms with Crippen molar-refractivity contribution in [2.24, 2.45) is 0 Å². The number of fused-ring (bicyclic) bond motifs is 1. The normalized spacial score (nSPS) is 10.5. The first-order valence-electron chi connectivity index (χ1n) is 3.59. The fourth-order valence-electron chi connectivity index (χ4n) is 1.13. The van der Waals surface area contributed by atoms with E-state index >= 15 is 0 Å². The van der Waals surface area contributed by atoms with Gasteiger partial charge in [-0.25, -0.2) is 0 Å². The average Bonchev–Trinajstić information content (AvgIpc) is 2.46. The van der Waals surface area contributed by atoms with Crippen LogP contribution in [0, 0.1) is 0 Å². The van der Waals surface area contributed by atoms with Gasteiger partial charge in [-0.15, -0.1) is 0 Å². The van der Waals surface area contributed by atoms with Crippen molar-refractivity contribution in [3.05, 3.63) is 30.0 Å². The van der Waals surface area contributed by atoms with Crippen molar-refractivity contribution in [2.45, 2.75) is 0 Å². The zero-order valence-electron chi connectivity index (χ0n) is 6.45. The molecule has 2 rings (SSSR count). The molecule has 0 saturated heterocycles. The lowest BCUT2D eigenvalue weighted by molar-refractivity contribution is 0.105. The predicted octanol–water partition coefficient (Wildman–Crippen LogP) is 2.52. The summed E-state index contributed by atoms with van der Waals surface area (Å²) in [7, 11) is 0. The van der Waals surface area contributed by atoms with Crippen LogP contribution in [0.1, 0.15) is 10.6 Å². The van der Waals surface area contributed by atoms with E-state index in [1.165, 1.54) is 18.2 Å². The Bertz CT molecular complexity index is 473. The van der Waals surface area contributed by atoms with E-state index in [0.29, 0.717) is 11.0 Å². The number of rotatable bonds is 1. The number of phenols is 1. The van der Waals surface area contributed by atoms with Crippen LogP contribution in [0.4, 0.5) is 0 Å². The third-order valence-corrected chi connectivity index (χ3v) is 1.88. The molecule has 0 atom stereocenters. The summed E-state index contributed by atoms with van der Waals surface area (Å²) >= 11 is 5.22. The fraction of sp³-hybridized carbons (Fsp3) is 0. The number of hydrogen-bond acceptors (Lipinski definition) is 3. The molecule has 0 aliphatic rings. The first-order chi connectivity index (χ1) is 6.16. The van der Waals surface area contributed by atoms with E-state index in [4.69, 9.17) is 21.1 Å². The minimum atomic E-state index is -0.643. The van der Waals surface area contributed by atoms with Gasteiger partial charge in [-0.05, 0) is 35.9 Å². The largest absolute Gasteiger partial charge is 0.508 e. The molecule has 0 saturated carbocycles. The molecule has 0 bridgehead atoms. The molecule has 0 amide bonds. The van der Waals surface area contributed by atoms with Gasteiger partial charge in [0, 0.05) is 5.39 Å². The molecule has 13 heavy (non-hydrogen) atoms. The Hall–Kier alpha value is -1.48. The number of aromatic hydroxyl groups is 1. The Morgan fingerprint density at radius 3 is 2.85 bits per heavy atom. The van der Waals surface area contributed by atoms with Gasteiger partial charge in [0.2, 0.25) is 0 Å². The van der Waals surface area contributed by atoms with Crippen LogP contribution in [0.5, 0.6) is 5.75 Å². The van der Waals surface area contributed by atoms with Gasteiger partial charge < -0.3 is 9.52 Å². The second-order valence-electron chi connectivity index (χ2n) is 2.61. The minimum Gasteiger partial charge on any atom is -0.508 e. The van der Waals surface area contributed by atoms with Gasteiger partial charge in [0.15, 0.2) is 5.76 Å². The first kappa shape index (κ1) is 8.13. The number of benzene rings is 1. The molecular formula is C9H5ClO3. The Morgan fingerprint density at radius 1 is 1.38 bits per heavy atom. The molecule has 0 spiro atoms. The van der Waals surface area contributed by atoms with Crippen LogP contribution in [-0.2, 0) is 0 Å². The first-order valence-corrected chi connectivity index (χ1v) is 3.97. The molecule has 0 aliphatic heterocycles. The van der Waals surface area contributed by atoms with Crippen molar-refractivity contribution in [3.8, 4) is 5.75 Å². The maximum atomic E-state index is 10.7. The van der Waals surface area contributed by atoms with E-state index in [2.05, 4.69) is 0 Å². The van der Waals surface area contributed by atoms with Crippen molar-refractivity contribution in [2.75, 3.05) is 0 Å². The topological polar surface area (TPSA) is 50.4 Å². The monoisotopic (exact) mass is 196 g/mol. The van der Waals surface area contributed by atoms with Gasteiger partial charge in [-0.3, -0.25) is 4.79 Å². The Labute approximate surface area is 78.5 Å². The predicted molar refractivity (Wildman–Crippen MR) is 48.1 cm³/mol. The quantitative estimate of drug-likeness (QED) is 0.713. The molecule has 0 fully saturated rings. The van der Waals surface area contributed by atoms with E-state index in [0.717, 1.165) is 0 Å². The molecule has 2 aromatic rings. The van der Waals surface area contributed by atoms with Crippen LogP contribution in [0.15, 0.2) is 28.7 Å². The van der Waals surface area contributed by atoms with Gasteiger partial charge in [-0.1, -0.05) is 0 Å². The zero-order chi connectivity index (χ0) is 9.42. The molecule has 0 aliphatic carbocycles. The lowest BCUT2D eigenvalue weighted by Crippen LogP contribution is -1.80. The van der Waals surface area contributed by atoms with Crippen LogP contribution in [0.3, 0.4) is 0 Å². The highest BCUT2D eigenvalue weighted by molar-refractivity contribution is 6.67. The SMILES string of the molecule is O=C(Cl)c1cc2cc(O)ccc2o1. The van der Waals surface area contributed by atoms with Gasteiger partial charge in [0.25, 0.3) is 5.24 Å². The summed E-state index contributed by atoms with van der Waals surface area (Å²) in [4.78, 5) is 10.7.